The standard InChI is InChI=1S/C17H19ClN2O/c1-20(13-15-5-3-2-4-6-15)17(21)19-12-11-14-7-9-16(18)10-8-14/h2-10H,11-13H2,1H3,(H,19,21). The third kappa shape index (κ3) is 5.12. The molecule has 110 valence electrons. The molecular formula is C17H19ClN2O. The molecule has 21 heavy (non-hydrogen) atoms. The van der Waals surface area contributed by atoms with Gasteiger partial charge in [-0.05, 0) is 29.7 Å². The number of halogens is 1. The van der Waals surface area contributed by atoms with Crippen LogP contribution in [0.3, 0.4) is 0 Å². The molecule has 0 aliphatic heterocycles. The number of amides is 2. The highest BCUT2D eigenvalue weighted by atomic mass is 35.5. The first-order valence-corrected chi connectivity index (χ1v) is 7.30. The van der Waals surface area contributed by atoms with Gasteiger partial charge in [0.1, 0.15) is 0 Å². The number of nitrogens with one attached hydrogen (secondary N) is 1. The molecule has 0 spiro atoms. The van der Waals surface area contributed by atoms with Crippen molar-refractivity contribution in [3.8, 4) is 0 Å². The van der Waals surface area contributed by atoms with E-state index in [1.165, 1.54) is 0 Å². The van der Waals surface area contributed by atoms with E-state index < -0.39 is 0 Å². The predicted octanol–water partition coefficient (Wildman–Crippen LogP) is 3.72. The van der Waals surface area contributed by atoms with E-state index in [1.54, 1.807) is 11.9 Å². The SMILES string of the molecule is CN(Cc1ccccc1)C(=O)NCCc1ccc(Cl)cc1. The number of carbonyl (C=O) groups excluding carboxylic acids is 1. The Morgan fingerprint density at radius 1 is 1.05 bits per heavy atom. The van der Waals surface area contributed by atoms with E-state index in [0.29, 0.717) is 13.1 Å². The Balaban J connectivity index is 1.75. The van der Waals surface area contributed by atoms with Crippen LogP contribution in [-0.4, -0.2) is 24.5 Å². The fourth-order valence-electron chi connectivity index (χ4n) is 2.03. The largest absolute Gasteiger partial charge is 0.338 e. The van der Waals surface area contributed by atoms with Crippen LogP contribution in [0.2, 0.25) is 5.02 Å². The summed E-state index contributed by atoms with van der Waals surface area (Å²) < 4.78 is 0. The fraction of sp³-hybridized carbons (Fsp3) is 0.235. The van der Waals surface area contributed by atoms with Gasteiger partial charge in [0, 0.05) is 25.2 Å². The lowest BCUT2D eigenvalue weighted by Gasteiger charge is -2.18. The molecule has 0 aliphatic carbocycles. The molecule has 0 aliphatic rings. The van der Waals surface area contributed by atoms with Crippen molar-refractivity contribution >= 4 is 17.6 Å². The summed E-state index contributed by atoms with van der Waals surface area (Å²) in [4.78, 5) is 13.7. The van der Waals surface area contributed by atoms with Crippen molar-refractivity contribution in [3.05, 3.63) is 70.7 Å². The van der Waals surface area contributed by atoms with Gasteiger partial charge in [0.2, 0.25) is 0 Å². The quantitative estimate of drug-likeness (QED) is 0.897. The molecule has 0 fully saturated rings. The van der Waals surface area contributed by atoms with E-state index >= 15 is 0 Å². The second-order valence-electron chi connectivity index (χ2n) is 4.95. The van der Waals surface area contributed by atoms with Gasteiger partial charge in [-0.25, -0.2) is 4.79 Å². The molecule has 2 aromatic rings. The van der Waals surface area contributed by atoms with Crippen LogP contribution < -0.4 is 5.32 Å². The van der Waals surface area contributed by atoms with Crippen molar-refractivity contribution in [1.82, 2.24) is 10.2 Å². The first-order chi connectivity index (χ1) is 10.1. The van der Waals surface area contributed by atoms with Crippen LogP contribution in [0.1, 0.15) is 11.1 Å². The van der Waals surface area contributed by atoms with Gasteiger partial charge in [0.05, 0.1) is 0 Å². The Kier molecular flexibility index (Phi) is 5.64. The summed E-state index contributed by atoms with van der Waals surface area (Å²) in [6.07, 6.45) is 0.794. The van der Waals surface area contributed by atoms with Crippen molar-refractivity contribution in [1.29, 1.82) is 0 Å². The van der Waals surface area contributed by atoms with E-state index in [1.807, 2.05) is 54.6 Å². The molecule has 0 heterocycles. The summed E-state index contributed by atoms with van der Waals surface area (Å²) in [6.45, 7) is 1.22. The minimum Gasteiger partial charge on any atom is -0.338 e. The molecule has 4 heteroatoms. The first kappa shape index (κ1) is 15.4. The van der Waals surface area contributed by atoms with Crippen LogP contribution >= 0.6 is 11.6 Å². The highest BCUT2D eigenvalue weighted by molar-refractivity contribution is 6.30. The summed E-state index contributed by atoms with van der Waals surface area (Å²) in [5.41, 5.74) is 2.28. The minimum atomic E-state index is -0.0622. The average Bonchev–Trinajstić information content (AvgIpc) is 2.50. The second kappa shape index (κ2) is 7.70. The van der Waals surface area contributed by atoms with Gasteiger partial charge in [-0.2, -0.15) is 0 Å². The normalized spacial score (nSPS) is 10.2. The molecule has 3 nitrogen and oxygen atoms in total. The van der Waals surface area contributed by atoms with Crippen LogP contribution in [-0.2, 0) is 13.0 Å². The fourth-order valence-corrected chi connectivity index (χ4v) is 2.15. The Morgan fingerprint density at radius 3 is 2.38 bits per heavy atom. The van der Waals surface area contributed by atoms with Gasteiger partial charge < -0.3 is 10.2 Å². The third-order valence-corrected chi connectivity index (χ3v) is 3.46. The maximum Gasteiger partial charge on any atom is 0.317 e. The van der Waals surface area contributed by atoms with E-state index in [4.69, 9.17) is 11.6 Å². The molecule has 1 N–H and O–H groups in total. The zero-order chi connectivity index (χ0) is 15.1. The Bertz CT molecular complexity index is 569. The number of hydrogen-bond donors (Lipinski definition) is 1. The minimum absolute atomic E-state index is 0.0622. The molecule has 0 saturated heterocycles. The van der Waals surface area contributed by atoms with E-state index in [9.17, 15) is 4.79 Å². The van der Waals surface area contributed by atoms with Crippen LogP contribution in [0.25, 0.3) is 0 Å². The molecule has 2 rings (SSSR count). The summed E-state index contributed by atoms with van der Waals surface area (Å²) >= 11 is 5.84. The maximum atomic E-state index is 12.0. The van der Waals surface area contributed by atoms with Crippen LogP contribution in [0, 0.1) is 0 Å². The summed E-state index contributed by atoms with van der Waals surface area (Å²) in [6, 6.07) is 17.5. The van der Waals surface area contributed by atoms with E-state index in [-0.39, 0.29) is 6.03 Å². The van der Waals surface area contributed by atoms with E-state index in [0.717, 1.165) is 22.6 Å². The lowest BCUT2D eigenvalue weighted by Crippen LogP contribution is -2.37. The zero-order valence-electron chi connectivity index (χ0n) is 12.1. The van der Waals surface area contributed by atoms with Gasteiger partial charge >= 0.3 is 6.03 Å². The highest BCUT2D eigenvalue weighted by Gasteiger charge is 2.07. The summed E-state index contributed by atoms with van der Waals surface area (Å²) in [7, 11) is 1.80. The third-order valence-electron chi connectivity index (χ3n) is 3.21. The van der Waals surface area contributed by atoms with Crippen LogP contribution in [0.5, 0.6) is 0 Å². The molecule has 2 amide bonds. The maximum absolute atomic E-state index is 12.0. The van der Waals surface area contributed by atoms with Crippen molar-refractivity contribution in [3.63, 3.8) is 0 Å². The number of benzene rings is 2. The molecule has 2 aromatic carbocycles. The Morgan fingerprint density at radius 2 is 1.71 bits per heavy atom. The number of carbonyl (C=O) groups is 1. The summed E-state index contributed by atoms with van der Waals surface area (Å²) in [5, 5.41) is 3.65. The van der Waals surface area contributed by atoms with Gasteiger partial charge in [-0.3, -0.25) is 0 Å². The topological polar surface area (TPSA) is 32.3 Å². The molecular weight excluding hydrogens is 284 g/mol. The van der Waals surface area contributed by atoms with Gasteiger partial charge in [-0.1, -0.05) is 54.1 Å². The lowest BCUT2D eigenvalue weighted by molar-refractivity contribution is 0.207. The van der Waals surface area contributed by atoms with Crippen molar-refractivity contribution in [2.45, 2.75) is 13.0 Å². The number of rotatable bonds is 5. The molecule has 0 saturated carbocycles. The van der Waals surface area contributed by atoms with E-state index in [2.05, 4.69) is 5.32 Å². The molecule has 0 bridgehead atoms. The monoisotopic (exact) mass is 302 g/mol. The van der Waals surface area contributed by atoms with Gasteiger partial charge in [0.15, 0.2) is 0 Å². The average molecular weight is 303 g/mol. The van der Waals surface area contributed by atoms with Crippen LogP contribution in [0.4, 0.5) is 4.79 Å². The predicted molar refractivity (Wildman–Crippen MR) is 86.5 cm³/mol. The molecule has 0 radical (unpaired) electrons. The Labute approximate surface area is 130 Å². The summed E-state index contributed by atoms with van der Waals surface area (Å²) in [5.74, 6) is 0. The Hall–Kier alpha value is -2.00. The zero-order valence-corrected chi connectivity index (χ0v) is 12.8. The molecule has 0 aromatic heterocycles. The van der Waals surface area contributed by atoms with Gasteiger partial charge in [0.25, 0.3) is 0 Å². The lowest BCUT2D eigenvalue weighted by atomic mass is 10.1. The molecule has 0 atom stereocenters. The van der Waals surface area contributed by atoms with Crippen molar-refractivity contribution < 1.29 is 4.79 Å². The number of urea groups is 1. The molecule has 0 unspecified atom stereocenters. The number of nitrogens with zero attached hydrogens (tertiary/aromatic N) is 1. The van der Waals surface area contributed by atoms with Gasteiger partial charge in [-0.15, -0.1) is 0 Å². The highest BCUT2D eigenvalue weighted by Crippen LogP contribution is 2.09. The first-order valence-electron chi connectivity index (χ1n) is 6.92. The van der Waals surface area contributed by atoms with Crippen LogP contribution in [0.15, 0.2) is 54.6 Å². The smallest absolute Gasteiger partial charge is 0.317 e. The van der Waals surface area contributed by atoms with Crippen molar-refractivity contribution in [2.75, 3.05) is 13.6 Å². The second-order valence-corrected chi connectivity index (χ2v) is 5.39. The van der Waals surface area contributed by atoms with Crippen molar-refractivity contribution in [2.24, 2.45) is 0 Å². The number of hydrogen-bond acceptors (Lipinski definition) is 1.